The van der Waals surface area contributed by atoms with E-state index in [0.717, 1.165) is 6.26 Å². The highest BCUT2D eigenvalue weighted by Gasteiger charge is 2.16. The highest BCUT2D eigenvalue weighted by atomic mass is 32.2. The van der Waals surface area contributed by atoms with Crippen LogP contribution in [-0.4, -0.2) is 32.3 Å². The molecule has 94 valence electrons. The highest BCUT2D eigenvalue weighted by molar-refractivity contribution is 7.92. The summed E-state index contributed by atoms with van der Waals surface area (Å²) in [6.45, 7) is 2.26. The summed E-state index contributed by atoms with van der Waals surface area (Å²) >= 11 is 0. The maximum Gasteiger partial charge on any atom is 0.335 e. The van der Waals surface area contributed by atoms with Gasteiger partial charge in [-0.15, -0.1) is 0 Å². The second kappa shape index (κ2) is 5.18. The van der Waals surface area contributed by atoms with E-state index in [-0.39, 0.29) is 5.56 Å². The lowest BCUT2D eigenvalue weighted by atomic mass is 10.2. The van der Waals surface area contributed by atoms with E-state index in [0.29, 0.717) is 18.7 Å². The Kier molecular flexibility index (Phi) is 4.11. The Morgan fingerprint density at radius 2 is 1.82 bits per heavy atom. The van der Waals surface area contributed by atoms with Gasteiger partial charge in [0.25, 0.3) is 0 Å². The van der Waals surface area contributed by atoms with Crippen molar-refractivity contribution in [3.63, 3.8) is 0 Å². The molecule has 6 heteroatoms. The second-order valence-electron chi connectivity index (χ2n) is 3.69. The molecule has 0 atom stereocenters. The molecule has 1 N–H and O–H groups in total. The van der Waals surface area contributed by atoms with Gasteiger partial charge in [-0.25, -0.2) is 13.2 Å². The van der Waals surface area contributed by atoms with Crippen molar-refractivity contribution in [2.75, 3.05) is 17.1 Å². The number of carbonyl (C=O) groups is 1. The van der Waals surface area contributed by atoms with Crippen LogP contribution in [0.5, 0.6) is 0 Å². The van der Waals surface area contributed by atoms with Crippen LogP contribution in [0.25, 0.3) is 0 Å². The molecule has 1 aromatic rings. The van der Waals surface area contributed by atoms with Gasteiger partial charge in [0.05, 0.1) is 17.5 Å². The van der Waals surface area contributed by atoms with E-state index in [9.17, 15) is 13.2 Å². The number of aromatic carboxylic acids is 1. The molecule has 1 aromatic carbocycles. The van der Waals surface area contributed by atoms with Gasteiger partial charge in [0, 0.05) is 6.54 Å². The molecule has 0 unspecified atom stereocenters. The third-order valence-corrected chi connectivity index (χ3v) is 3.42. The van der Waals surface area contributed by atoms with E-state index >= 15 is 0 Å². The van der Waals surface area contributed by atoms with Gasteiger partial charge < -0.3 is 5.11 Å². The lowest BCUT2D eigenvalue weighted by Crippen LogP contribution is -2.30. The van der Waals surface area contributed by atoms with Crippen LogP contribution >= 0.6 is 0 Å². The maximum atomic E-state index is 11.6. The van der Waals surface area contributed by atoms with Gasteiger partial charge in [-0.1, -0.05) is 6.92 Å². The van der Waals surface area contributed by atoms with Crippen LogP contribution in [0.1, 0.15) is 23.7 Å². The number of carboxylic acids is 1. The first-order chi connectivity index (χ1) is 7.86. The van der Waals surface area contributed by atoms with Crippen LogP contribution in [-0.2, 0) is 10.0 Å². The molecule has 0 spiro atoms. The summed E-state index contributed by atoms with van der Waals surface area (Å²) in [5.74, 6) is -1.03. The Morgan fingerprint density at radius 1 is 1.29 bits per heavy atom. The number of hydrogen-bond donors (Lipinski definition) is 1. The van der Waals surface area contributed by atoms with Gasteiger partial charge in [-0.05, 0) is 30.7 Å². The largest absolute Gasteiger partial charge is 0.478 e. The van der Waals surface area contributed by atoms with Crippen molar-refractivity contribution < 1.29 is 18.3 Å². The van der Waals surface area contributed by atoms with Crippen molar-refractivity contribution in [1.29, 1.82) is 0 Å². The minimum Gasteiger partial charge on any atom is -0.478 e. The highest BCUT2D eigenvalue weighted by Crippen LogP contribution is 2.18. The summed E-state index contributed by atoms with van der Waals surface area (Å²) in [5, 5.41) is 8.75. The van der Waals surface area contributed by atoms with Gasteiger partial charge >= 0.3 is 5.97 Å². The lowest BCUT2D eigenvalue weighted by Gasteiger charge is -2.21. The molecule has 0 saturated heterocycles. The number of sulfonamides is 1. The molecule has 17 heavy (non-hydrogen) atoms. The lowest BCUT2D eigenvalue weighted by molar-refractivity contribution is 0.0697. The number of nitrogens with zero attached hydrogens (tertiary/aromatic N) is 1. The molecule has 0 fully saturated rings. The van der Waals surface area contributed by atoms with Crippen LogP contribution in [0.15, 0.2) is 24.3 Å². The molecule has 0 bridgehead atoms. The third kappa shape index (κ3) is 3.45. The van der Waals surface area contributed by atoms with Gasteiger partial charge in [0.15, 0.2) is 0 Å². The zero-order valence-corrected chi connectivity index (χ0v) is 10.6. The zero-order chi connectivity index (χ0) is 13.1. The molecule has 1 rings (SSSR count). The fourth-order valence-corrected chi connectivity index (χ4v) is 2.48. The topological polar surface area (TPSA) is 74.7 Å². The molecule has 0 aliphatic rings. The molecule has 0 saturated carbocycles. The van der Waals surface area contributed by atoms with Gasteiger partial charge in [-0.3, -0.25) is 4.31 Å². The van der Waals surface area contributed by atoms with Gasteiger partial charge in [0.1, 0.15) is 0 Å². The van der Waals surface area contributed by atoms with Crippen LogP contribution in [0, 0.1) is 0 Å². The Bertz CT molecular complexity index is 493. The number of benzene rings is 1. The fraction of sp³-hybridized carbons (Fsp3) is 0.364. The normalized spacial score (nSPS) is 11.2. The van der Waals surface area contributed by atoms with Gasteiger partial charge in [0.2, 0.25) is 10.0 Å². The molecule has 0 radical (unpaired) electrons. The number of rotatable bonds is 5. The summed E-state index contributed by atoms with van der Waals surface area (Å²) in [7, 11) is -3.33. The molecule has 0 aliphatic heterocycles. The number of anilines is 1. The average Bonchev–Trinajstić information content (AvgIpc) is 2.24. The van der Waals surface area contributed by atoms with Crippen LogP contribution in [0.2, 0.25) is 0 Å². The average molecular weight is 257 g/mol. The summed E-state index contributed by atoms with van der Waals surface area (Å²) in [6, 6.07) is 5.79. The SMILES string of the molecule is CCCN(c1ccc(C(=O)O)cc1)S(C)(=O)=O. The summed E-state index contributed by atoms with van der Waals surface area (Å²) in [6.07, 6.45) is 1.82. The minimum atomic E-state index is -3.33. The van der Waals surface area contributed by atoms with Crippen molar-refractivity contribution in [2.45, 2.75) is 13.3 Å². The maximum absolute atomic E-state index is 11.6. The summed E-state index contributed by atoms with van der Waals surface area (Å²) < 4.78 is 24.4. The van der Waals surface area contributed by atoms with Crippen molar-refractivity contribution in [3.05, 3.63) is 29.8 Å². The monoisotopic (exact) mass is 257 g/mol. The van der Waals surface area contributed by atoms with Crippen LogP contribution in [0.4, 0.5) is 5.69 Å². The Morgan fingerprint density at radius 3 is 2.18 bits per heavy atom. The molecule has 0 aromatic heterocycles. The smallest absolute Gasteiger partial charge is 0.335 e. The number of carboxylic acid groups (broad SMARTS) is 1. The molecule has 0 heterocycles. The molecular weight excluding hydrogens is 242 g/mol. The quantitative estimate of drug-likeness (QED) is 0.868. The van der Waals surface area contributed by atoms with E-state index in [1.54, 1.807) is 0 Å². The first-order valence-electron chi connectivity index (χ1n) is 5.17. The number of hydrogen-bond acceptors (Lipinski definition) is 3. The summed E-state index contributed by atoms with van der Waals surface area (Å²) in [5.41, 5.74) is 0.623. The van der Waals surface area contributed by atoms with Crippen molar-refractivity contribution in [2.24, 2.45) is 0 Å². The predicted octanol–water partition coefficient (Wildman–Crippen LogP) is 1.56. The van der Waals surface area contributed by atoms with E-state index in [1.807, 2.05) is 6.92 Å². The first-order valence-corrected chi connectivity index (χ1v) is 7.02. The second-order valence-corrected chi connectivity index (χ2v) is 5.59. The van der Waals surface area contributed by atoms with E-state index < -0.39 is 16.0 Å². The van der Waals surface area contributed by atoms with Crippen molar-refractivity contribution >= 4 is 21.7 Å². The zero-order valence-electron chi connectivity index (χ0n) is 9.75. The molecule has 5 nitrogen and oxygen atoms in total. The third-order valence-electron chi connectivity index (χ3n) is 2.23. The Hall–Kier alpha value is -1.56. The van der Waals surface area contributed by atoms with E-state index in [1.165, 1.54) is 28.6 Å². The van der Waals surface area contributed by atoms with E-state index in [4.69, 9.17) is 5.11 Å². The molecule has 0 aliphatic carbocycles. The molecule has 0 amide bonds. The Labute approximate surface area is 101 Å². The van der Waals surface area contributed by atoms with Crippen LogP contribution in [0.3, 0.4) is 0 Å². The van der Waals surface area contributed by atoms with Gasteiger partial charge in [-0.2, -0.15) is 0 Å². The van der Waals surface area contributed by atoms with Crippen molar-refractivity contribution in [3.8, 4) is 0 Å². The minimum absolute atomic E-state index is 0.138. The summed E-state index contributed by atoms with van der Waals surface area (Å²) in [4.78, 5) is 10.7. The van der Waals surface area contributed by atoms with Crippen LogP contribution < -0.4 is 4.31 Å². The first kappa shape index (κ1) is 13.5. The standard InChI is InChI=1S/C11H15NO4S/c1-3-8-12(17(2,15)16)10-6-4-9(5-7-10)11(13)14/h4-7H,3,8H2,1-2H3,(H,13,14). The molecular formula is C11H15NO4S. The fourth-order valence-electron chi connectivity index (χ4n) is 1.46. The predicted molar refractivity (Wildman–Crippen MR) is 65.9 cm³/mol. The van der Waals surface area contributed by atoms with Crippen molar-refractivity contribution in [1.82, 2.24) is 0 Å². The Balaban J connectivity index is 3.08. The van der Waals surface area contributed by atoms with E-state index in [2.05, 4.69) is 0 Å².